The lowest BCUT2D eigenvalue weighted by atomic mass is 9.89. The van der Waals surface area contributed by atoms with E-state index in [2.05, 4.69) is 4.98 Å². The fourth-order valence-corrected chi connectivity index (χ4v) is 3.34. The summed E-state index contributed by atoms with van der Waals surface area (Å²) in [6.07, 6.45) is 0.980. The molecule has 0 saturated carbocycles. The number of halogens is 2. The van der Waals surface area contributed by atoms with E-state index in [1.807, 2.05) is 0 Å². The number of nitrogens with two attached hydrogens (primary N) is 1. The third-order valence-corrected chi connectivity index (χ3v) is 4.50. The Bertz CT molecular complexity index is 837. The third kappa shape index (κ3) is 4.96. The summed E-state index contributed by atoms with van der Waals surface area (Å²) in [6, 6.07) is 8.53. The Morgan fingerprint density at radius 1 is 1.27 bits per heavy atom. The molecule has 2 rings (SSSR count). The first-order valence-corrected chi connectivity index (χ1v) is 8.78. The molecule has 2 aromatic rings. The Kier molecular flexibility index (Phi) is 6.26. The SMILES string of the molecule is CC(C(=O)c1ncccc1CC(C)(C)OC(N)=O)c1ccc(Cl)cc1Cl. The Balaban J connectivity index is 2.33. The summed E-state index contributed by atoms with van der Waals surface area (Å²) in [6.45, 7) is 5.21. The van der Waals surface area contributed by atoms with Gasteiger partial charge in [-0.3, -0.25) is 9.78 Å². The molecule has 0 fully saturated rings. The Hall–Kier alpha value is -2.11. The van der Waals surface area contributed by atoms with Crippen molar-refractivity contribution < 1.29 is 14.3 Å². The quantitative estimate of drug-likeness (QED) is 0.713. The van der Waals surface area contributed by atoms with Crippen molar-refractivity contribution in [1.29, 1.82) is 0 Å². The molecule has 0 aliphatic carbocycles. The van der Waals surface area contributed by atoms with E-state index in [4.69, 9.17) is 33.7 Å². The van der Waals surface area contributed by atoms with Crippen LogP contribution < -0.4 is 5.73 Å². The van der Waals surface area contributed by atoms with Crippen LogP contribution in [-0.4, -0.2) is 22.5 Å². The number of benzene rings is 1. The highest BCUT2D eigenvalue weighted by Crippen LogP contribution is 2.30. The standard InChI is InChI=1S/C19H20Cl2N2O3/c1-11(14-7-6-13(20)9-15(14)21)17(24)16-12(5-4-8-23-16)10-19(2,3)26-18(22)25/h4-9,11H,10H2,1-3H3,(H2,22,25). The van der Waals surface area contributed by atoms with Gasteiger partial charge in [0.15, 0.2) is 5.78 Å². The molecular formula is C19H20Cl2N2O3. The van der Waals surface area contributed by atoms with E-state index in [-0.39, 0.29) is 5.78 Å². The molecule has 7 heteroatoms. The zero-order valence-corrected chi connectivity index (χ0v) is 16.3. The van der Waals surface area contributed by atoms with Gasteiger partial charge < -0.3 is 10.5 Å². The topological polar surface area (TPSA) is 82.3 Å². The van der Waals surface area contributed by atoms with Crippen LogP contribution in [0, 0.1) is 0 Å². The maximum absolute atomic E-state index is 13.0. The highest BCUT2D eigenvalue weighted by atomic mass is 35.5. The zero-order valence-electron chi connectivity index (χ0n) is 14.8. The van der Waals surface area contributed by atoms with Gasteiger partial charge in [0.25, 0.3) is 0 Å². The van der Waals surface area contributed by atoms with Crippen LogP contribution in [0.3, 0.4) is 0 Å². The summed E-state index contributed by atoms with van der Waals surface area (Å²) in [4.78, 5) is 28.3. The van der Waals surface area contributed by atoms with Crippen LogP contribution in [0.25, 0.3) is 0 Å². The lowest BCUT2D eigenvalue weighted by molar-refractivity contribution is 0.0458. The number of amides is 1. The number of aromatic nitrogens is 1. The highest BCUT2D eigenvalue weighted by Gasteiger charge is 2.28. The first-order valence-electron chi connectivity index (χ1n) is 8.02. The van der Waals surface area contributed by atoms with Gasteiger partial charge in [-0.15, -0.1) is 0 Å². The number of carbonyl (C=O) groups is 2. The van der Waals surface area contributed by atoms with Crippen molar-refractivity contribution in [2.75, 3.05) is 0 Å². The number of carbonyl (C=O) groups excluding carboxylic acids is 2. The highest BCUT2D eigenvalue weighted by molar-refractivity contribution is 6.35. The summed E-state index contributed by atoms with van der Waals surface area (Å²) < 4.78 is 5.12. The van der Waals surface area contributed by atoms with E-state index < -0.39 is 17.6 Å². The number of Topliss-reactive ketones (excluding diaryl/α,β-unsaturated/α-hetero) is 1. The molecule has 0 bridgehead atoms. The van der Waals surface area contributed by atoms with Gasteiger partial charge >= 0.3 is 6.09 Å². The van der Waals surface area contributed by atoms with E-state index in [9.17, 15) is 9.59 Å². The lowest BCUT2D eigenvalue weighted by Gasteiger charge is -2.25. The maximum Gasteiger partial charge on any atom is 0.405 e. The fraction of sp³-hybridized carbons (Fsp3) is 0.316. The van der Waals surface area contributed by atoms with Crippen LogP contribution in [0.2, 0.25) is 10.0 Å². The largest absolute Gasteiger partial charge is 0.443 e. The van der Waals surface area contributed by atoms with E-state index >= 15 is 0 Å². The van der Waals surface area contributed by atoms with Gasteiger partial charge in [-0.1, -0.05) is 42.3 Å². The number of nitrogens with zero attached hydrogens (tertiary/aromatic N) is 1. The maximum atomic E-state index is 13.0. The summed E-state index contributed by atoms with van der Waals surface area (Å²) in [5.74, 6) is -0.687. The molecule has 1 unspecified atom stereocenters. The van der Waals surface area contributed by atoms with Gasteiger partial charge in [0.05, 0.1) is 0 Å². The summed E-state index contributed by atoms with van der Waals surface area (Å²) in [7, 11) is 0. The van der Waals surface area contributed by atoms with E-state index in [0.29, 0.717) is 33.3 Å². The number of rotatable bonds is 6. The number of hydrogen-bond donors (Lipinski definition) is 1. The van der Waals surface area contributed by atoms with Crippen molar-refractivity contribution in [2.45, 2.75) is 38.7 Å². The molecule has 1 amide bonds. The molecule has 5 nitrogen and oxygen atoms in total. The van der Waals surface area contributed by atoms with Gasteiger partial charge in [0.1, 0.15) is 11.3 Å². The number of ketones is 1. The van der Waals surface area contributed by atoms with Crippen LogP contribution in [0.4, 0.5) is 4.79 Å². The number of ether oxygens (including phenoxy) is 1. The molecule has 0 aliphatic rings. The molecule has 0 saturated heterocycles. The predicted molar refractivity (Wildman–Crippen MR) is 102 cm³/mol. The second-order valence-corrected chi connectivity index (χ2v) is 7.46. The fourth-order valence-electron chi connectivity index (χ4n) is 2.77. The average molecular weight is 395 g/mol. The molecule has 1 atom stereocenters. The Labute approximate surface area is 162 Å². The minimum Gasteiger partial charge on any atom is -0.443 e. The van der Waals surface area contributed by atoms with Crippen molar-refractivity contribution in [2.24, 2.45) is 5.73 Å². The van der Waals surface area contributed by atoms with Crippen LogP contribution >= 0.6 is 23.2 Å². The van der Waals surface area contributed by atoms with E-state index in [1.165, 1.54) is 0 Å². The molecule has 0 radical (unpaired) electrons. The van der Waals surface area contributed by atoms with Crippen molar-refractivity contribution in [3.8, 4) is 0 Å². The molecule has 138 valence electrons. The monoisotopic (exact) mass is 394 g/mol. The van der Waals surface area contributed by atoms with Crippen molar-refractivity contribution in [3.05, 3.63) is 63.4 Å². The molecular weight excluding hydrogens is 375 g/mol. The number of hydrogen-bond acceptors (Lipinski definition) is 4. The van der Waals surface area contributed by atoms with Crippen molar-refractivity contribution >= 4 is 35.1 Å². The van der Waals surface area contributed by atoms with Crippen molar-refractivity contribution in [3.63, 3.8) is 0 Å². The first kappa shape index (κ1) is 20.2. The lowest BCUT2D eigenvalue weighted by Crippen LogP contribution is -2.34. The second kappa shape index (κ2) is 8.06. The molecule has 0 aliphatic heterocycles. The molecule has 1 aromatic heterocycles. The van der Waals surface area contributed by atoms with Gasteiger partial charge in [-0.05, 0) is 43.2 Å². The van der Waals surface area contributed by atoms with Crippen LogP contribution in [0.1, 0.15) is 48.3 Å². The minimum atomic E-state index is -0.870. The van der Waals surface area contributed by atoms with Crippen LogP contribution in [0.15, 0.2) is 36.5 Å². The molecule has 0 spiro atoms. The van der Waals surface area contributed by atoms with Gasteiger partial charge in [0, 0.05) is 28.6 Å². The minimum absolute atomic E-state index is 0.181. The summed E-state index contributed by atoms with van der Waals surface area (Å²) in [5.41, 5.74) is 5.90. The van der Waals surface area contributed by atoms with Gasteiger partial charge in [-0.25, -0.2) is 4.79 Å². The summed E-state index contributed by atoms with van der Waals surface area (Å²) >= 11 is 12.2. The van der Waals surface area contributed by atoms with Crippen molar-refractivity contribution in [1.82, 2.24) is 4.98 Å². The average Bonchev–Trinajstić information content (AvgIpc) is 2.52. The summed E-state index contributed by atoms with van der Waals surface area (Å²) in [5, 5.41) is 0.926. The van der Waals surface area contributed by atoms with Gasteiger partial charge in [-0.2, -0.15) is 0 Å². The third-order valence-electron chi connectivity index (χ3n) is 3.94. The van der Waals surface area contributed by atoms with Crippen LogP contribution in [-0.2, 0) is 11.2 Å². The van der Waals surface area contributed by atoms with E-state index in [1.54, 1.807) is 57.3 Å². The predicted octanol–water partition coefficient (Wildman–Crippen LogP) is 4.79. The smallest absolute Gasteiger partial charge is 0.405 e. The second-order valence-electron chi connectivity index (χ2n) is 6.62. The zero-order chi connectivity index (χ0) is 19.5. The first-order chi connectivity index (χ1) is 12.1. The van der Waals surface area contributed by atoms with Crippen LogP contribution in [0.5, 0.6) is 0 Å². The normalized spacial score (nSPS) is 12.5. The Morgan fingerprint density at radius 2 is 1.96 bits per heavy atom. The number of pyridine rings is 1. The molecule has 1 aromatic carbocycles. The molecule has 1 heterocycles. The number of primary amides is 1. The van der Waals surface area contributed by atoms with E-state index in [0.717, 1.165) is 0 Å². The molecule has 26 heavy (non-hydrogen) atoms. The Morgan fingerprint density at radius 3 is 2.58 bits per heavy atom. The molecule has 2 N–H and O–H groups in total. The van der Waals surface area contributed by atoms with Gasteiger partial charge in [0.2, 0.25) is 0 Å².